The zero-order valence-electron chi connectivity index (χ0n) is 8.66. The average molecular weight is 226 g/mol. The number of esters is 1. The van der Waals surface area contributed by atoms with Gasteiger partial charge in [-0.2, -0.15) is 4.40 Å². The van der Waals surface area contributed by atoms with Crippen LogP contribution >= 0.6 is 12.1 Å². The van der Waals surface area contributed by atoms with E-state index in [1.807, 2.05) is 6.08 Å². The summed E-state index contributed by atoms with van der Waals surface area (Å²) in [6.07, 6.45) is 6.78. The average Bonchev–Trinajstić information content (AvgIpc) is 2.82. The Hall–Kier alpha value is -0.970. The molecule has 2 rings (SSSR count). The molecule has 0 aromatic heterocycles. The van der Waals surface area contributed by atoms with Gasteiger partial charge < -0.3 is 9.46 Å². The Morgan fingerprint density at radius 1 is 1.60 bits per heavy atom. The van der Waals surface area contributed by atoms with Gasteiger partial charge in [0.05, 0.1) is 19.2 Å². The van der Waals surface area contributed by atoms with Crippen molar-refractivity contribution in [2.75, 3.05) is 7.11 Å². The highest BCUT2D eigenvalue weighted by molar-refractivity contribution is 7.96. The number of rotatable bonds is 2. The minimum Gasteiger partial charge on any atom is -0.464 e. The molecule has 82 valence electrons. The standard InChI is InChI=1S/C10H14N2O2S/c1-14-10(13)9-6-8(11-15-12-9)7-4-2-3-5-7/h6-7,11H,2-5H2,1H3. The quantitative estimate of drug-likeness (QED) is 0.576. The van der Waals surface area contributed by atoms with Crippen molar-refractivity contribution in [1.29, 1.82) is 0 Å². The lowest BCUT2D eigenvalue weighted by Gasteiger charge is -2.18. The molecule has 0 aromatic rings. The van der Waals surface area contributed by atoms with Gasteiger partial charge in [0.1, 0.15) is 0 Å². The third kappa shape index (κ3) is 2.34. The molecule has 1 saturated carbocycles. The number of ether oxygens (including phenoxy) is 1. The van der Waals surface area contributed by atoms with Crippen molar-refractivity contribution in [2.24, 2.45) is 10.3 Å². The Labute approximate surface area is 93.4 Å². The minimum absolute atomic E-state index is 0.362. The van der Waals surface area contributed by atoms with Gasteiger partial charge in [-0.25, -0.2) is 4.79 Å². The van der Waals surface area contributed by atoms with Crippen molar-refractivity contribution in [1.82, 2.24) is 4.72 Å². The van der Waals surface area contributed by atoms with Crippen LogP contribution in [0.25, 0.3) is 0 Å². The summed E-state index contributed by atoms with van der Waals surface area (Å²) < 4.78 is 11.8. The van der Waals surface area contributed by atoms with Gasteiger partial charge in [0, 0.05) is 5.70 Å². The molecule has 0 bridgehead atoms. The summed E-state index contributed by atoms with van der Waals surface area (Å²) in [4.78, 5) is 11.3. The molecule has 1 aliphatic heterocycles. The second-order valence-corrected chi connectivity index (χ2v) is 4.31. The molecule has 0 amide bonds. The van der Waals surface area contributed by atoms with E-state index in [2.05, 4.69) is 13.9 Å². The van der Waals surface area contributed by atoms with E-state index in [1.54, 1.807) is 0 Å². The third-order valence-corrected chi connectivity index (χ3v) is 3.40. The largest absolute Gasteiger partial charge is 0.464 e. The Morgan fingerprint density at radius 2 is 2.33 bits per heavy atom. The van der Waals surface area contributed by atoms with E-state index in [-0.39, 0.29) is 5.97 Å². The lowest BCUT2D eigenvalue weighted by Crippen LogP contribution is -2.22. The van der Waals surface area contributed by atoms with Crippen LogP contribution in [0.1, 0.15) is 25.7 Å². The van der Waals surface area contributed by atoms with Crippen molar-refractivity contribution in [3.05, 3.63) is 11.8 Å². The smallest absolute Gasteiger partial charge is 0.357 e. The number of carbonyl (C=O) groups is 1. The van der Waals surface area contributed by atoms with E-state index in [0.717, 1.165) is 5.70 Å². The van der Waals surface area contributed by atoms with Gasteiger partial charge in [-0.3, -0.25) is 0 Å². The van der Waals surface area contributed by atoms with Crippen LogP contribution in [0.15, 0.2) is 16.2 Å². The van der Waals surface area contributed by atoms with Crippen LogP contribution in [-0.4, -0.2) is 18.8 Å². The highest BCUT2D eigenvalue weighted by Crippen LogP contribution is 2.32. The predicted octanol–water partition coefficient (Wildman–Crippen LogP) is 1.84. The van der Waals surface area contributed by atoms with Gasteiger partial charge >= 0.3 is 5.97 Å². The maximum Gasteiger partial charge on any atom is 0.357 e. The van der Waals surface area contributed by atoms with Gasteiger partial charge in [-0.15, -0.1) is 0 Å². The van der Waals surface area contributed by atoms with Crippen LogP contribution in [0.3, 0.4) is 0 Å². The van der Waals surface area contributed by atoms with Gasteiger partial charge in [0.2, 0.25) is 0 Å². The maximum atomic E-state index is 11.3. The molecule has 0 saturated heterocycles. The van der Waals surface area contributed by atoms with E-state index >= 15 is 0 Å². The molecule has 0 radical (unpaired) electrons. The number of hydrogen-bond acceptors (Lipinski definition) is 5. The van der Waals surface area contributed by atoms with E-state index in [1.165, 1.54) is 44.9 Å². The first-order chi connectivity index (χ1) is 7.31. The second-order valence-electron chi connectivity index (χ2n) is 3.74. The molecular weight excluding hydrogens is 212 g/mol. The number of carbonyl (C=O) groups excluding carboxylic acids is 1. The molecule has 1 aliphatic carbocycles. The Bertz CT molecular complexity index is 319. The summed E-state index contributed by atoms with van der Waals surface area (Å²) in [7, 11) is 1.38. The van der Waals surface area contributed by atoms with E-state index in [0.29, 0.717) is 11.6 Å². The summed E-state index contributed by atoms with van der Waals surface area (Å²) in [5, 5.41) is 0. The third-order valence-electron chi connectivity index (χ3n) is 2.79. The maximum absolute atomic E-state index is 11.3. The summed E-state index contributed by atoms with van der Waals surface area (Å²) in [5.41, 5.74) is 1.52. The van der Waals surface area contributed by atoms with Crippen molar-refractivity contribution >= 4 is 23.8 Å². The molecule has 1 fully saturated rings. The molecule has 1 heterocycles. The summed E-state index contributed by atoms with van der Waals surface area (Å²) >= 11 is 1.21. The molecule has 1 N–H and O–H groups in total. The van der Waals surface area contributed by atoms with Gasteiger partial charge in [0.25, 0.3) is 0 Å². The van der Waals surface area contributed by atoms with Crippen molar-refractivity contribution in [3.8, 4) is 0 Å². The van der Waals surface area contributed by atoms with Crippen molar-refractivity contribution < 1.29 is 9.53 Å². The summed E-state index contributed by atoms with van der Waals surface area (Å²) in [5.74, 6) is 0.201. The topological polar surface area (TPSA) is 50.7 Å². The van der Waals surface area contributed by atoms with Gasteiger partial charge in [-0.05, 0) is 24.8 Å². The number of nitrogens with zero attached hydrogens (tertiary/aromatic N) is 1. The molecule has 5 heteroatoms. The van der Waals surface area contributed by atoms with Crippen LogP contribution in [0.4, 0.5) is 0 Å². The van der Waals surface area contributed by atoms with Crippen LogP contribution in [0.2, 0.25) is 0 Å². The number of methoxy groups -OCH3 is 1. The van der Waals surface area contributed by atoms with Crippen LogP contribution in [-0.2, 0) is 9.53 Å². The fourth-order valence-corrected chi connectivity index (χ4v) is 2.57. The lowest BCUT2D eigenvalue weighted by atomic mass is 10.0. The molecule has 0 spiro atoms. The lowest BCUT2D eigenvalue weighted by molar-refractivity contribution is -0.132. The molecule has 15 heavy (non-hydrogen) atoms. The Balaban J connectivity index is 2.09. The van der Waals surface area contributed by atoms with Crippen molar-refractivity contribution in [3.63, 3.8) is 0 Å². The van der Waals surface area contributed by atoms with Gasteiger partial charge in [0.15, 0.2) is 5.71 Å². The number of hydrogen-bond donors (Lipinski definition) is 1. The highest BCUT2D eigenvalue weighted by Gasteiger charge is 2.23. The summed E-state index contributed by atoms with van der Waals surface area (Å²) in [6.45, 7) is 0. The first-order valence-corrected chi connectivity index (χ1v) is 5.88. The predicted molar refractivity (Wildman–Crippen MR) is 60.2 cm³/mol. The first kappa shape index (κ1) is 10.5. The normalized spacial score (nSPS) is 21.7. The molecule has 0 aromatic carbocycles. The van der Waals surface area contributed by atoms with Crippen molar-refractivity contribution in [2.45, 2.75) is 25.7 Å². The minimum atomic E-state index is -0.362. The molecule has 4 nitrogen and oxygen atoms in total. The fourth-order valence-electron chi connectivity index (χ4n) is 1.97. The molecule has 2 aliphatic rings. The number of nitrogens with one attached hydrogen (secondary N) is 1. The first-order valence-electron chi connectivity index (χ1n) is 5.11. The monoisotopic (exact) mass is 226 g/mol. The zero-order valence-corrected chi connectivity index (χ0v) is 9.47. The Morgan fingerprint density at radius 3 is 3.00 bits per heavy atom. The Kier molecular flexibility index (Phi) is 3.30. The second kappa shape index (κ2) is 4.70. The molecule has 0 unspecified atom stereocenters. The van der Waals surface area contributed by atoms with Crippen LogP contribution < -0.4 is 4.72 Å². The molecular formula is C10H14N2O2S. The SMILES string of the molecule is COC(=O)C1=NSNC(C2CCCC2)=C1. The van der Waals surface area contributed by atoms with Gasteiger partial charge in [-0.1, -0.05) is 12.8 Å². The fraction of sp³-hybridized carbons (Fsp3) is 0.600. The summed E-state index contributed by atoms with van der Waals surface area (Å²) in [6, 6.07) is 0. The van der Waals surface area contributed by atoms with E-state index in [9.17, 15) is 4.79 Å². The highest BCUT2D eigenvalue weighted by atomic mass is 32.2. The van der Waals surface area contributed by atoms with E-state index in [4.69, 9.17) is 0 Å². The molecule has 0 atom stereocenters. The number of allylic oxidation sites excluding steroid dienone is 1. The van der Waals surface area contributed by atoms with E-state index < -0.39 is 0 Å². The van der Waals surface area contributed by atoms with Crippen LogP contribution in [0, 0.1) is 5.92 Å². The zero-order chi connectivity index (χ0) is 10.7. The van der Waals surface area contributed by atoms with Crippen LogP contribution in [0.5, 0.6) is 0 Å².